The van der Waals surface area contributed by atoms with Gasteiger partial charge >= 0.3 is 0 Å². The molecule has 0 aliphatic heterocycles. The van der Waals surface area contributed by atoms with Crippen molar-refractivity contribution in [3.63, 3.8) is 0 Å². The first-order chi connectivity index (χ1) is 6.27. The summed E-state index contributed by atoms with van der Waals surface area (Å²) in [7, 11) is 1.53. The summed E-state index contributed by atoms with van der Waals surface area (Å²) >= 11 is 0. The molecule has 0 saturated carbocycles. The van der Waals surface area contributed by atoms with Gasteiger partial charge in [0.15, 0.2) is 6.29 Å². The highest BCUT2D eigenvalue weighted by atomic mass is 16.5. The first kappa shape index (κ1) is 9.14. The number of hydrogen-bond donors (Lipinski definition) is 1. The fourth-order valence-corrected chi connectivity index (χ4v) is 0.918. The van der Waals surface area contributed by atoms with Crippen molar-refractivity contribution >= 4 is 12.0 Å². The highest BCUT2D eigenvalue weighted by Gasteiger charge is 1.98. The van der Waals surface area contributed by atoms with Gasteiger partial charge in [-0.2, -0.15) is 0 Å². The van der Waals surface area contributed by atoms with Crippen LogP contribution in [-0.2, 0) is 4.79 Å². The number of hydrogen-bond acceptors (Lipinski definition) is 3. The zero-order valence-corrected chi connectivity index (χ0v) is 7.20. The number of carbonyl (C=O) groups excluding carboxylic acids is 1. The van der Waals surface area contributed by atoms with Crippen molar-refractivity contribution in [1.82, 2.24) is 0 Å². The van der Waals surface area contributed by atoms with Crippen LogP contribution in [0.5, 0.6) is 5.75 Å². The lowest BCUT2D eigenvalue weighted by Crippen LogP contribution is -1.91. The Kier molecular flexibility index (Phi) is 2.93. The summed E-state index contributed by atoms with van der Waals surface area (Å²) in [6.45, 7) is 0. The van der Waals surface area contributed by atoms with Crippen molar-refractivity contribution in [1.29, 1.82) is 0 Å². The third kappa shape index (κ3) is 2.24. The molecule has 0 aromatic heterocycles. The first-order valence-electron chi connectivity index (χ1n) is 3.66. The summed E-state index contributed by atoms with van der Waals surface area (Å²) < 4.78 is 5.02. The molecule has 0 unspecified atom stereocenters. The van der Waals surface area contributed by atoms with Crippen LogP contribution in [-0.4, -0.2) is 13.4 Å². The Hall–Kier alpha value is -1.95. The minimum absolute atomic E-state index is 0.537. The van der Waals surface area contributed by atoms with Crippen LogP contribution in [0.15, 0.2) is 18.2 Å². The van der Waals surface area contributed by atoms with Gasteiger partial charge in [-0.3, -0.25) is 4.79 Å². The fourth-order valence-electron chi connectivity index (χ4n) is 0.918. The van der Waals surface area contributed by atoms with Crippen molar-refractivity contribution in [2.75, 3.05) is 12.8 Å². The molecule has 0 atom stereocenters. The van der Waals surface area contributed by atoms with Crippen LogP contribution in [0.4, 0.5) is 5.69 Å². The maximum Gasteiger partial charge on any atom is 0.193 e. The third-order valence-corrected chi connectivity index (χ3v) is 1.49. The predicted molar refractivity (Wildman–Crippen MR) is 50.3 cm³/mol. The second-order valence-corrected chi connectivity index (χ2v) is 2.35. The zero-order chi connectivity index (χ0) is 9.68. The van der Waals surface area contributed by atoms with E-state index in [0.29, 0.717) is 23.3 Å². The molecule has 13 heavy (non-hydrogen) atoms. The van der Waals surface area contributed by atoms with E-state index in [1.807, 2.05) is 0 Å². The first-order valence-corrected chi connectivity index (χ1v) is 3.66. The van der Waals surface area contributed by atoms with Crippen LogP contribution in [0, 0.1) is 11.8 Å². The van der Waals surface area contributed by atoms with E-state index in [0.717, 1.165) is 0 Å². The minimum atomic E-state index is 0.537. The lowest BCUT2D eigenvalue weighted by Gasteiger charge is -2.03. The minimum Gasteiger partial charge on any atom is -0.495 e. The molecule has 3 heteroatoms. The molecule has 66 valence electrons. The molecule has 0 heterocycles. The molecule has 0 amide bonds. The van der Waals surface area contributed by atoms with E-state index in [1.165, 1.54) is 7.11 Å². The molecular weight excluding hydrogens is 166 g/mol. The maximum atomic E-state index is 10.0. The monoisotopic (exact) mass is 175 g/mol. The highest BCUT2D eigenvalue weighted by molar-refractivity contribution is 5.74. The lowest BCUT2D eigenvalue weighted by atomic mass is 10.2. The summed E-state index contributed by atoms with van der Waals surface area (Å²) in [6.07, 6.45) is 0.537. The summed E-state index contributed by atoms with van der Waals surface area (Å²) in [5, 5.41) is 0. The van der Waals surface area contributed by atoms with Crippen molar-refractivity contribution in [3.8, 4) is 17.6 Å². The number of ether oxygens (including phenoxy) is 1. The van der Waals surface area contributed by atoms with Crippen LogP contribution in [0.25, 0.3) is 0 Å². The second-order valence-electron chi connectivity index (χ2n) is 2.35. The smallest absolute Gasteiger partial charge is 0.193 e. The molecule has 1 aromatic carbocycles. The lowest BCUT2D eigenvalue weighted by molar-refractivity contribution is -0.103. The molecule has 2 N–H and O–H groups in total. The summed E-state index contributed by atoms with van der Waals surface area (Å²) in [5.74, 6) is 5.53. The van der Waals surface area contributed by atoms with Gasteiger partial charge in [-0.1, -0.05) is 5.92 Å². The number of anilines is 1. The molecule has 0 radical (unpaired) electrons. The maximum absolute atomic E-state index is 10.0. The third-order valence-electron chi connectivity index (χ3n) is 1.49. The molecular formula is C10H9NO2. The van der Waals surface area contributed by atoms with Gasteiger partial charge < -0.3 is 10.5 Å². The van der Waals surface area contributed by atoms with Gasteiger partial charge in [-0.15, -0.1) is 0 Å². The number of aldehydes is 1. The number of methoxy groups -OCH3 is 1. The van der Waals surface area contributed by atoms with Crippen LogP contribution < -0.4 is 10.5 Å². The van der Waals surface area contributed by atoms with E-state index in [2.05, 4.69) is 11.8 Å². The van der Waals surface area contributed by atoms with Gasteiger partial charge in [-0.05, 0) is 18.1 Å². The summed E-state index contributed by atoms with van der Waals surface area (Å²) in [4.78, 5) is 10.0. The molecule has 0 aliphatic carbocycles. The molecule has 0 aliphatic rings. The van der Waals surface area contributed by atoms with Gasteiger partial charge in [0.05, 0.1) is 12.7 Å². The molecule has 0 fully saturated rings. The quantitative estimate of drug-likeness (QED) is 0.390. The Bertz CT molecular complexity index is 374. The molecule has 1 rings (SSSR count). The molecule has 0 saturated heterocycles. The molecule has 1 aromatic rings. The Balaban J connectivity index is 3.13. The predicted octanol–water partition coefficient (Wildman–Crippen LogP) is 0.828. The number of nitrogens with two attached hydrogens (primary N) is 1. The fraction of sp³-hybridized carbons (Fsp3) is 0.100. The Morgan fingerprint density at radius 3 is 2.92 bits per heavy atom. The van der Waals surface area contributed by atoms with Gasteiger partial charge in [0, 0.05) is 11.8 Å². The largest absolute Gasteiger partial charge is 0.495 e. The number of nitrogen functional groups attached to an aromatic ring is 1. The Morgan fingerprint density at radius 1 is 1.54 bits per heavy atom. The number of carbonyl (C=O) groups is 1. The second kappa shape index (κ2) is 4.17. The van der Waals surface area contributed by atoms with Gasteiger partial charge in [-0.25, -0.2) is 0 Å². The van der Waals surface area contributed by atoms with Gasteiger partial charge in [0.1, 0.15) is 5.75 Å². The van der Waals surface area contributed by atoms with E-state index >= 15 is 0 Å². The van der Waals surface area contributed by atoms with Crippen molar-refractivity contribution in [2.45, 2.75) is 0 Å². The van der Waals surface area contributed by atoms with E-state index in [-0.39, 0.29) is 0 Å². The van der Waals surface area contributed by atoms with Crippen LogP contribution in [0.2, 0.25) is 0 Å². The molecule has 0 spiro atoms. The van der Waals surface area contributed by atoms with Crippen molar-refractivity contribution < 1.29 is 9.53 Å². The number of benzene rings is 1. The zero-order valence-electron chi connectivity index (χ0n) is 7.20. The SMILES string of the molecule is COc1cc(N)ccc1C#CC=O. The van der Waals surface area contributed by atoms with E-state index in [1.54, 1.807) is 18.2 Å². The normalized spacial score (nSPS) is 8.38. The van der Waals surface area contributed by atoms with Crippen molar-refractivity contribution in [2.24, 2.45) is 0 Å². The molecule has 3 nitrogen and oxygen atoms in total. The standard InChI is InChI=1S/C10H9NO2/c1-13-10-7-9(11)5-4-8(10)3-2-6-12/h4-7H,11H2,1H3. The Labute approximate surface area is 76.5 Å². The summed E-state index contributed by atoms with van der Waals surface area (Å²) in [5.41, 5.74) is 6.80. The summed E-state index contributed by atoms with van der Waals surface area (Å²) in [6, 6.07) is 5.08. The van der Waals surface area contributed by atoms with E-state index < -0.39 is 0 Å². The average Bonchev–Trinajstić information content (AvgIpc) is 2.16. The van der Waals surface area contributed by atoms with Crippen LogP contribution in [0.3, 0.4) is 0 Å². The van der Waals surface area contributed by atoms with Crippen LogP contribution >= 0.6 is 0 Å². The van der Waals surface area contributed by atoms with E-state index in [4.69, 9.17) is 10.5 Å². The van der Waals surface area contributed by atoms with Gasteiger partial charge in [0.2, 0.25) is 0 Å². The van der Waals surface area contributed by atoms with Crippen LogP contribution in [0.1, 0.15) is 5.56 Å². The van der Waals surface area contributed by atoms with Gasteiger partial charge in [0.25, 0.3) is 0 Å². The number of rotatable bonds is 1. The highest BCUT2D eigenvalue weighted by Crippen LogP contribution is 2.19. The average molecular weight is 175 g/mol. The Morgan fingerprint density at radius 2 is 2.31 bits per heavy atom. The topological polar surface area (TPSA) is 52.3 Å². The van der Waals surface area contributed by atoms with Crippen molar-refractivity contribution in [3.05, 3.63) is 23.8 Å². The van der Waals surface area contributed by atoms with E-state index in [9.17, 15) is 4.79 Å². The molecule has 0 bridgehead atoms.